The molecule has 3 heterocycles. The van der Waals surface area contributed by atoms with Crippen LogP contribution in [-0.4, -0.2) is 102 Å². The smallest absolute Gasteiger partial charge is 0.333 e. The minimum Gasteiger partial charge on any atom is -0.379 e. The summed E-state index contributed by atoms with van der Waals surface area (Å²) in [6, 6.07) is 5.08. The molecule has 3 amide bonds. The molecule has 3 N–H and O–H groups in total. The van der Waals surface area contributed by atoms with Crippen LogP contribution in [-0.2, 0) is 9.53 Å². The average Bonchev–Trinajstić information content (AvgIpc) is 3.42. The Balaban J connectivity index is 1.12. The highest BCUT2D eigenvalue weighted by Gasteiger charge is 2.39. The van der Waals surface area contributed by atoms with Crippen LogP contribution in [0.3, 0.4) is 0 Å². The molecule has 2 aromatic rings. The predicted molar refractivity (Wildman–Crippen MR) is 145 cm³/mol. The lowest BCUT2D eigenvalue weighted by atomic mass is 9.78. The Hall–Kier alpha value is -3.28. The van der Waals surface area contributed by atoms with Crippen molar-refractivity contribution in [2.45, 2.75) is 38.0 Å². The maximum absolute atomic E-state index is 13.7. The zero-order chi connectivity index (χ0) is 26.9. The Kier molecular flexibility index (Phi) is 7.37. The highest BCUT2D eigenvalue weighted by molar-refractivity contribution is 6.25. The molecule has 0 atom stereocenters. The van der Waals surface area contributed by atoms with Crippen LogP contribution < -0.4 is 10.7 Å². The monoisotopic (exact) mass is 535 g/mol. The van der Waals surface area contributed by atoms with Crippen LogP contribution in [0.4, 0.5) is 10.5 Å². The maximum Gasteiger partial charge on any atom is 0.333 e. The summed E-state index contributed by atoms with van der Waals surface area (Å²) in [4.78, 5) is 44.0. The number of hydrogen-bond donors (Lipinski definition) is 3. The number of fused-ring (bicyclic) bond motifs is 3. The number of carbonyl (C=O) groups excluding carboxylic acids is 3. The first kappa shape index (κ1) is 26.0. The lowest BCUT2D eigenvalue weighted by Crippen LogP contribution is -2.49. The predicted octanol–water partition coefficient (Wildman–Crippen LogP) is 2.43. The summed E-state index contributed by atoms with van der Waals surface area (Å²) in [6.45, 7) is 5.96. The van der Waals surface area contributed by atoms with Gasteiger partial charge in [-0.2, -0.15) is 5.10 Å². The molecule has 3 fully saturated rings. The highest BCUT2D eigenvalue weighted by atomic mass is 16.5. The summed E-state index contributed by atoms with van der Waals surface area (Å²) >= 11 is 0. The number of ether oxygens (including phenoxy) is 1. The summed E-state index contributed by atoms with van der Waals surface area (Å²) in [6.07, 6.45) is 4.34. The van der Waals surface area contributed by atoms with E-state index < -0.39 is 0 Å². The second kappa shape index (κ2) is 11.1. The number of anilines is 1. The molecule has 1 aromatic carbocycles. The van der Waals surface area contributed by atoms with Crippen molar-refractivity contribution in [1.29, 1.82) is 0 Å². The van der Waals surface area contributed by atoms with Crippen molar-refractivity contribution in [3.05, 3.63) is 35.0 Å². The van der Waals surface area contributed by atoms with Crippen LogP contribution in [0.1, 0.15) is 59.6 Å². The summed E-state index contributed by atoms with van der Waals surface area (Å²) in [5.41, 5.74) is 6.64. The van der Waals surface area contributed by atoms with Crippen LogP contribution in [0.5, 0.6) is 0 Å². The number of rotatable bonds is 4. The quantitative estimate of drug-likeness (QED) is 0.469. The number of H-pyrrole nitrogens is 1. The first-order valence-electron chi connectivity index (χ1n) is 14.1. The fourth-order valence-electron chi connectivity index (χ4n) is 6.42. The molecule has 0 radical (unpaired) electrons. The van der Waals surface area contributed by atoms with Gasteiger partial charge in [-0.05, 0) is 51.8 Å². The van der Waals surface area contributed by atoms with Gasteiger partial charge >= 0.3 is 6.03 Å². The van der Waals surface area contributed by atoms with Crippen molar-refractivity contribution in [2.75, 3.05) is 64.8 Å². The number of hydrazine groups is 1. The molecular weight excluding hydrogens is 498 g/mol. The number of carbonyl (C=O) groups is 3. The molecule has 0 spiro atoms. The molecular formula is C28H37N7O4. The summed E-state index contributed by atoms with van der Waals surface area (Å²) in [7, 11) is 2.11. The molecule has 1 saturated carbocycles. The standard InChI is InChI=1S/C28H37N7O4/c1-33-10-3-11-34(13-12-33)27(37)19-8-6-18(7-9-19)24-23-25(31-30-24)20-4-2-5-21(22(20)26(23)36)29-28(38)32-35-14-16-39-17-15-35/h2,4-5,18-19H,3,6-17H2,1H3,(H,30,31)(H2,29,32,38). The number of aromatic amines is 1. The van der Waals surface area contributed by atoms with E-state index in [0.717, 1.165) is 69.5 Å². The molecule has 0 bridgehead atoms. The number of benzene rings is 1. The summed E-state index contributed by atoms with van der Waals surface area (Å²) in [5.74, 6) is 0.375. The number of hydrogen-bond acceptors (Lipinski definition) is 7. The van der Waals surface area contributed by atoms with Gasteiger partial charge in [0.05, 0.1) is 35.7 Å². The first-order valence-corrected chi connectivity index (χ1v) is 14.1. The number of nitrogens with zero attached hydrogens (tertiary/aromatic N) is 4. The van der Waals surface area contributed by atoms with Crippen LogP contribution in [0, 0.1) is 5.92 Å². The second-order valence-corrected chi connectivity index (χ2v) is 11.1. The van der Waals surface area contributed by atoms with Gasteiger partial charge in [0, 0.05) is 50.1 Å². The number of ketones is 1. The average molecular weight is 536 g/mol. The van der Waals surface area contributed by atoms with Crippen molar-refractivity contribution in [2.24, 2.45) is 5.92 Å². The van der Waals surface area contributed by atoms with Crippen molar-refractivity contribution < 1.29 is 19.1 Å². The lowest BCUT2D eigenvalue weighted by Gasteiger charge is -2.31. The van der Waals surface area contributed by atoms with Gasteiger partial charge in [0.1, 0.15) is 5.69 Å². The van der Waals surface area contributed by atoms with Crippen LogP contribution >= 0.6 is 0 Å². The Labute approximate surface area is 228 Å². The zero-order valence-corrected chi connectivity index (χ0v) is 22.5. The van der Waals surface area contributed by atoms with Gasteiger partial charge in [0.2, 0.25) is 5.91 Å². The number of aromatic nitrogens is 2. The van der Waals surface area contributed by atoms with E-state index in [9.17, 15) is 14.4 Å². The highest BCUT2D eigenvalue weighted by Crippen LogP contribution is 2.45. The third-order valence-corrected chi connectivity index (χ3v) is 8.60. The minimum atomic E-state index is -0.386. The lowest BCUT2D eigenvalue weighted by molar-refractivity contribution is -0.136. The second-order valence-electron chi connectivity index (χ2n) is 11.1. The molecule has 0 unspecified atom stereocenters. The molecule has 11 nitrogen and oxygen atoms in total. The molecule has 6 rings (SSSR count). The van der Waals surface area contributed by atoms with Gasteiger partial charge in [-0.15, -0.1) is 0 Å². The van der Waals surface area contributed by atoms with Crippen LogP contribution in [0.15, 0.2) is 18.2 Å². The molecule has 208 valence electrons. The van der Waals surface area contributed by atoms with E-state index in [1.807, 2.05) is 17.0 Å². The van der Waals surface area contributed by atoms with Crippen molar-refractivity contribution in [3.8, 4) is 11.3 Å². The maximum atomic E-state index is 13.7. The van der Waals surface area contributed by atoms with Crippen molar-refractivity contribution in [3.63, 3.8) is 0 Å². The van der Waals surface area contributed by atoms with Gasteiger partial charge in [-0.1, -0.05) is 12.1 Å². The van der Waals surface area contributed by atoms with Crippen LogP contribution in [0.2, 0.25) is 0 Å². The fraction of sp³-hybridized carbons (Fsp3) is 0.571. The van der Waals surface area contributed by atoms with E-state index in [1.54, 1.807) is 11.1 Å². The zero-order valence-electron chi connectivity index (χ0n) is 22.5. The molecule has 11 heteroatoms. The van der Waals surface area contributed by atoms with Gasteiger partial charge in [0.25, 0.3) is 0 Å². The number of morpholine rings is 1. The van der Waals surface area contributed by atoms with Gasteiger partial charge in [0.15, 0.2) is 5.78 Å². The SMILES string of the molecule is CN1CCCN(C(=O)C2CCC(c3[nH]nc4c3C(=O)c3c(NC(=O)NN5CCOCC5)cccc3-4)CC2)CC1. The van der Waals surface area contributed by atoms with Crippen LogP contribution in [0.25, 0.3) is 11.3 Å². The van der Waals surface area contributed by atoms with E-state index in [2.05, 4.69) is 32.9 Å². The Morgan fingerprint density at radius 3 is 2.59 bits per heavy atom. The fourth-order valence-corrected chi connectivity index (χ4v) is 6.42. The molecule has 1 aromatic heterocycles. The van der Waals surface area contributed by atoms with Crippen molar-refractivity contribution in [1.82, 2.24) is 30.4 Å². The Morgan fingerprint density at radius 2 is 1.79 bits per heavy atom. The molecule has 2 aliphatic heterocycles. The van der Waals surface area contributed by atoms with E-state index in [4.69, 9.17) is 4.74 Å². The largest absolute Gasteiger partial charge is 0.379 e. The number of nitrogens with one attached hydrogen (secondary N) is 3. The van der Waals surface area contributed by atoms with E-state index >= 15 is 0 Å². The number of amides is 3. The summed E-state index contributed by atoms with van der Waals surface area (Å²) < 4.78 is 5.33. The topological polar surface area (TPSA) is 123 Å². The Morgan fingerprint density at radius 1 is 1.00 bits per heavy atom. The first-order chi connectivity index (χ1) is 19.0. The normalized spacial score (nSPS) is 24.1. The molecule has 39 heavy (non-hydrogen) atoms. The van der Waals surface area contributed by atoms with E-state index in [1.165, 1.54) is 0 Å². The van der Waals surface area contributed by atoms with Crippen molar-refractivity contribution >= 4 is 23.4 Å². The number of urea groups is 1. The Bertz CT molecular complexity index is 1250. The van der Waals surface area contributed by atoms with E-state index in [0.29, 0.717) is 48.8 Å². The third kappa shape index (κ3) is 5.18. The molecule has 2 saturated heterocycles. The van der Waals surface area contributed by atoms with Gasteiger partial charge in [-0.25, -0.2) is 9.80 Å². The van der Waals surface area contributed by atoms with E-state index in [-0.39, 0.29) is 29.6 Å². The van der Waals surface area contributed by atoms with Gasteiger partial charge < -0.3 is 19.9 Å². The molecule has 4 aliphatic rings. The summed E-state index contributed by atoms with van der Waals surface area (Å²) in [5, 5.41) is 12.4. The van der Waals surface area contributed by atoms with Gasteiger partial charge in [-0.3, -0.25) is 20.1 Å². The molecule has 2 aliphatic carbocycles. The minimum absolute atomic E-state index is 0.0503. The number of likely N-dealkylation sites (N-methyl/N-ethyl adjacent to an activating group) is 1. The third-order valence-electron chi connectivity index (χ3n) is 8.60.